The van der Waals surface area contributed by atoms with Gasteiger partial charge in [0.25, 0.3) is 0 Å². The maximum Gasteiger partial charge on any atom is 0.123 e. The third-order valence-electron chi connectivity index (χ3n) is 16.9. The van der Waals surface area contributed by atoms with Gasteiger partial charge in [-0.25, -0.2) is 4.39 Å². The van der Waals surface area contributed by atoms with E-state index < -0.39 is 0 Å². The molecule has 0 amide bonds. The van der Waals surface area contributed by atoms with E-state index in [1.54, 1.807) is 12.1 Å². The van der Waals surface area contributed by atoms with Gasteiger partial charge < -0.3 is 4.90 Å². The van der Waals surface area contributed by atoms with Crippen LogP contribution in [0.1, 0.15) is 136 Å². The van der Waals surface area contributed by atoms with Gasteiger partial charge in [0.15, 0.2) is 0 Å². The summed E-state index contributed by atoms with van der Waals surface area (Å²) in [6.07, 6.45) is 7.06. The zero-order chi connectivity index (χ0) is 79.0. The molecule has 1 nitrogen and oxygen atoms in total. The highest BCUT2D eigenvalue weighted by Gasteiger charge is 2.10. The number of hydrogen-bond donors (Lipinski definition) is 0. The van der Waals surface area contributed by atoms with Gasteiger partial charge in [0, 0.05) is 59.0 Å². The highest BCUT2D eigenvalue weighted by Crippen LogP contribution is 2.29. The summed E-state index contributed by atoms with van der Waals surface area (Å²) in [7, 11) is 0. The molecule has 14 aromatic rings. The average molecular weight is 2030 g/mol. The van der Waals surface area contributed by atoms with E-state index in [0.717, 1.165) is 48.3 Å². The Bertz CT molecular complexity index is 4750. The van der Waals surface area contributed by atoms with Gasteiger partial charge in [0.05, 0.1) is 0 Å². The SMILES string of the molecule is Brc1ccc(N(Cc2ccccc2)Cc2ccccc2)cc1.Brc1ccc2cc3ccccc3cc2c1.Brc1ccc2ccccc2c1.Brc1ccccc1.CC(C)c1cc(Br)cc(C(C)C)c1.CCCc1cc(Br)cc(CCC)c1.CCc1cc(Br)cc(CC)c1.Cc1cc(C)cc(Br)c1.Fc1ccc(Br)cc1. The molecule has 0 heterocycles. The minimum Gasteiger partial charge on any atom is -0.363 e. The van der Waals surface area contributed by atoms with Crippen molar-refractivity contribution in [1.29, 1.82) is 0 Å². The van der Waals surface area contributed by atoms with Gasteiger partial charge in [0.2, 0.25) is 0 Å². The summed E-state index contributed by atoms with van der Waals surface area (Å²) < 4.78 is 22.3. The molecule has 0 saturated heterocycles. The number of anilines is 1. The van der Waals surface area contributed by atoms with Crippen molar-refractivity contribution in [3.05, 3.63) is 411 Å². The van der Waals surface area contributed by atoms with Gasteiger partial charge in [-0.15, -0.1) is 0 Å². The smallest absolute Gasteiger partial charge is 0.123 e. The van der Waals surface area contributed by atoms with Crippen molar-refractivity contribution in [3.63, 3.8) is 0 Å². The van der Waals surface area contributed by atoms with E-state index in [1.165, 1.54) is 149 Å². The highest BCUT2D eigenvalue weighted by molar-refractivity contribution is 9.12. The first-order valence-electron chi connectivity index (χ1n) is 36.9. The maximum absolute atomic E-state index is 12.1. The molecule has 0 aliphatic carbocycles. The number of benzene rings is 14. The molecule has 0 saturated carbocycles. The Labute approximate surface area is 726 Å². The molecule has 0 spiro atoms. The molecular formula is C98H99Br9FN. The van der Waals surface area contributed by atoms with E-state index in [4.69, 9.17) is 0 Å². The van der Waals surface area contributed by atoms with Gasteiger partial charge in [-0.2, -0.15) is 0 Å². The first-order valence-corrected chi connectivity index (χ1v) is 44.1. The van der Waals surface area contributed by atoms with Crippen molar-refractivity contribution in [1.82, 2.24) is 0 Å². The van der Waals surface area contributed by atoms with Crippen LogP contribution < -0.4 is 4.90 Å². The summed E-state index contributed by atoms with van der Waals surface area (Å²) in [5.41, 5.74) is 15.1. The molecule has 0 aliphatic rings. The minimum absolute atomic E-state index is 0.201. The third kappa shape index (κ3) is 36.1. The predicted octanol–water partition coefficient (Wildman–Crippen LogP) is 34.7. The molecule has 0 fully saturated rings. The number of hydrogen-bond acceptors (Lipinski definition) is 1. The second-order valence-corrected chi connectivity index (χ2v) is 35.0. The fraction of sp³-hybridized carbons (Fsp3) is 0.204. The maximum atomic E-state index is 12.1. The molecule has 109 heavy (non-hydrogen) atoms. The van der Waals surface area contributed by atoms with Crippen molar-refractivity contribution >= 4 is 181 Å². The number of nitrogens with zero attached hydrogens (tertiary/aromatic N) is 1. The number of aryl methyl sites for hydroxylation is 6. The molecule has 11 heteroatoms. The fourth-order valence-electron chi connectivity index (χ4n) is 11.3. The normalized spacial score (nSPS) is 10.3. The lowest BCUT2D eigenvalue weighted by Crippen LogP contribution is -2.21. The first-order chi connectivity index (χ1) is 52.4. The Hall–Kier alpha value is -6.09. The molecule has 0 radical (unpaired) electrons. The van der Waals surface area contributed by atoms with Crippen LogP contribution in [0.2, 0.25) is 0 Å². The monoisotopic (exact) mass is 2020 g/mol. The lowest BCUT2D eigenvalue weighted by atomic mass is 9.96. The van der Waals surface area contributed by atoms with Crippen LogP contribution in [0.25, 0.3) is 32.3 Å². The van der Waals surface area contributed by atoms with E-state index in [9.17, 15) is 4.39 Å². The predicted molar refractivity (Wildman–Crippen MR) is 507 cm³/mol. The fourth-order valence-corrected chi connectivity index (χ4v) is 15.4. The summed E-state index contributed by atoms with van der Waals surface area (Å²) >= 11 is 30.9. The van der Waals surface area contributed by atoms with Gasteiger partial charge in [-0.05, 0) is 285 Å². The first kappa shape index (κ1) is 91.8. The summed E-state index contributed by atoms with van der Waals surface area (Å²) in [5, 5.41) is 7.73. The Morgan fingerprint density at radius 2 is 0.596 bits per heavy atom. The Morgan fingerprint density at radius 1 is 0.266 bits per heavy atom. The number of halogens is 10. The third-order valence-corrected chi connectivity index (χ3v) is 21.3. The van der Waals surface area contributed by atoms with Crippen molar-refractivity contribution in [2.75, 3.05) is 4.90 Å². The second-order valence-electron chi connectivity index (χ2n) is 26.8. The molecule has 0 bridgehead atoms. The van der Waals surface area contributed by atoms with Crippen LogP contribution in [0.5, 0.6) is 0 Å². The molecule has 0 unspecified atom stereocenters. The minimum atomic E-state index is -0.201. The summed E-state index contributed by atoms with van der Waals surface area (Å²) in [6.45, 7) is 23.7. The number of fused-ring (bicyclic) bond motifs is 3. The van der Waals surface area contributed by atoms with E-state index in [0.29, 0.717) is 11.8 Å². The van der Waals surface area contributed by atoms with Crippen molar-refractivity contribution < 1.29 is 4.39 Å². The lowest BCUT2D eigenvalue weighted by Gasteiger charge is -2.25. The van der Waals surface area contributed by atoms with Gasteiger partial charge in [0.1, 0.15) is 5.82 Å². The standard InChI is InChI=1S/C20H18BrN.C14H9Br.2C12H17Br.C10H7Br.C10H13Br.C8H9Br.C6H4BrF.C6H5Br/c21-19-11-13-20(14-12-19)22(15-17-7-3-1-4-8-17)16-18-9-5-2-6-10-18;15-14-6-5-12-7-10-3-1-2-4-11(10)8-13(12)9-14;1-8(2)10-5-11(9(3)4)7-12(13)6-10;1-3-5-10-7-11(6-4-2)9-12(13)8-10;11-10-6-5-8-3-1-2-4-9(8)7-10;1-3-8-5-9(4-2)7-10(11)6-8;1-6-3-7(2)5-8(9)4-6;7-5-1-3-6(8)4-2-5;7-6-4-2-1-3-5-6/h1-14H,15-16H2;1-9H;5-9H,1-4H3;7-9H,3-6H2,1-2H3;1-7H;5-7H,3-4H2,1-2H3;3-5H,1-2H3;1-4H;1-5H. The van der Waals surface area contributed by atoms with Crippen LogP contribution in [-0.2, 0) is 38.8 Å². The van der Waals surface area contributed by atoms with E-state index in [2.05, 4.69) is 472 Å². The quantitative estimate of drug-likeness (QED) is 0.104. The van der Waals surface area contributed by atoms with Crippen LogP contribution in [-0.4, -0.2) is 0 Å². The summed E-state index contributed by atoms with van der Waals surface area (Å²) in [6, 6.07) is 106. The van der Waals surface area contributed by atoms with Crippen LogP contribution in [0.15, 0.2) is 350 Å². The van der Waals surface area contributed by atoms with Crippen LogP contribution in [0, 0.1) is 19.7 Å². The van der Waals surface area contributed by atoms with Crippen molar-refractivity contribution in [2.24, 2.45) is 0 Å². The van der Waals surface area contributed by atoms with E-state index in [1.807, 2.05) is 30.3 Å². The average Bonchev–Trinajstić information content (AvgIpc) is 0.808. The topological polar surface area (TPSA) is 3.24 Å². The number of rotatable bonds is 13. The molecule has 0 N–H and O–H groups in total. The Balaban J connectivity index is 0.000000195. The molecular weight excluding hydrogens is 1930 g/mol. The van der Waals surface area contributed by atoms with Crippen molar-refractivity contribution in [3.8, 4) is 0 Å². The highest BCUT2D eigenvalue weighted by atomic mass is 79.9. The Morgan fingerprint density at radius 3 is 1.00 bits per heavy atom. The second kappa shape index (κ2) is 50.8. The molecule has 14 rings (SSSR count). The summed E-state index contributed by atoms with van der Waals surface area (Å²) in [5.74, 6) is 1.01. The van der Waals surface area contributed by atoms with Gasteiger partial charge >= 0.3 is 0 Å². The molecule has 14 aromatic carbocycles. The molecule has 0 atom stereocenters. The van der Waals surface area contributed by atoms with Crippen LogP contribution in [0.3, 0.4) is 0 Å². The molecule has 0 aliphatic heterocycles. The molecule has 566 valence electrons. The Kier molecular flexibility index (Phi) is 42.8. The lowest BCUT2D eigenvalue weighted by molar-refractivity contribution is 0.627. The van der Waals surface area contributed by atoms with E-state index >= 15 is 0 Å². The zero-order valence-corrected chi connectivity index (χ0v) is 78.3. The van der Waals surface area contributed by atoms with Crippen molar-refractivity contribution in [2.45, 2.75) is 133 Å². The van der Waals surface area contributed by atoms with Gasteiger partial charge in [-0.3, -0.25) is 0 Å². The van der Waals surface area contributed by atoms with Crippen LogP contribution in [0.4, 0.5) is 10.1 Å². The van der Waals surface area contributed by atoms with Gasteiger partial charge in [-0.1, -0.05) is 375 Å². The van der Waals surface area contributed by atoms with E-state index in [-0.39, 0.29) is 5.82 Å². The summed E-state index contributed by atoms with van der Waals surface area (Å²) in [4.78, 5) is 2.40. The van der Waals surface area contributed by atoms with Crippen LogP contribution >= 0.6 is 143 Å². The zero-order valence-electron chi connectivity index (χ0n) is 64.0. The largest absolute Gasteiger partial charge is 0.363 e. The molecule has 0 aromatic heterocycles.